The molecule has 1 heterocycles. The number of unbranched alkanes of at least 4 members (excludes halogenated alkanes) is 1. The zero-order chi connectivity index (χ0) is 24.9. The molecule has 0 atom stereocenters. The van der Waals surface area contributed by atoms with Crippen LogP contribution in [0.4, 0.5) is 5.82 Å². The molecule has 7 heteroatoms. The third-order valence-corrected chi connectivity index (χ3v) is 5.73. The largest absolute Gasteiger partial charge is 0.329 e. The van der Waals surface area contributed by atoms with E-state index in [1.165, 1.54) is 0 Å². The van der Waals surface area contributed by atoms with Gasteiger partial charge in [0.05, 0.1) is 11.4 Å². The van der Waals surface area contributed by atoms with Crippen LogP contribution in [0, 0.1) is 6.92 Å². The van der Waals surface area contributed by atoms with Crippen LogP contribution < -0.4 is 5.32 Å². The van der Waals surface area contributed by atoms with Gasteiger partial charge in [-0.1, -0.05) is 69.5 Å². The number of halogens is 1. The molecule has 3 aromatic rings. The summed E-state index contributed by atoms with van der Waals surface area (Å²) in [7, 11) is 0. The second-order valence-corrected chi connectivity index (χ2v) is 9.99. The molecule has 1 N–H and O–H groups in total. The van der Waals surface area contributed by atoms with E-state index in [2.05, 4.69) is 33.0 Å². The Hall–Kier alpha value is -3.12. The Kier molecular flexibility index (Phi) is 8.15. The van der Waals surface area contributed by atoms with Gasteiger partial charge in [0.25, 0.3) is 5.91 Å². The first-order chi connectivity index (χ1) is 16.1. The number of amides is 2. The van der Waals surface area contributed by atoms with Crippen LogP contribution in [0.3, 0.4) is 0 Å². The van der Waals surface area contributed by atoms with Gasteiger partial charge < -0.3 is 10.2 Å². The van der Waals surface area contributed by atoms with Crippen LogP contribution in [-0.2, 0) is 10.2 Å². The molecule has 0 unspecified atom stereocenters. The molecule has 0 aliphatic carbocycles. The number of nitrogens with one attached hydrogen (secondary N) is 1. The highest BCUT2D eigenvalue weighted by Crippen LogP contribution is 2.26. The summed E-state index contributed by atoms with van der Waals surface area (Å²) < 4.78 is 1.74. The second-order valence-electron chi connectivity index (χ2n) is 9.55. The van der Waals surface area contributed by atoms with Crippen LogP contribution >= 0.6 is 11.6 Å². The number of aromatic nitrogens is 2. The molecular weight excluding hydrogens is 448 g/mol. The van der Waals surface area contributed by atoms with Crippen LogP contribution in [0.1, 0.15) is 62.2 Å². The van der Waals surface area contributed by atoms with E-state index in [0.29, 0.717) is 22.9 Å². The summed E-state index contributed by atoms with van der Waals surface area (Å²) in [6.07, 6.45) is 1.71. The fourth-order valence-corrected chi connectivity index (χ4v) is 3.67. The maximum absolute atomic E-state index is 13.1. The summed E-state index contributed by atoms with van der Waals surface area (Å²) in [6.45, 7) is 10.7. The smallest absolute Gasteiger partial charge is 0.254 e. The molecule has 0 spiro atoms. The van der Waals surface area contributed by atoms with Crippen molar-refractivity contribution in [3.63, 3.8) is 0 Å². The molecule has 34 heavy (non-hydrogen) atoms. The maximum Gasteiger partial charge on any atom is 0.254 e. The van der Waals surface area contributed by atoms with E-state index in [-0.39, 0.29) is 23.8 Å². The van der Waals surface area contributed by atoms with Crippen molar-refractivity contribution < 1.29 is 9.59 Å². The molecule has 1 aromatic heterocycles. The van der Waals surface area contributed by atoms with Gasteiger partial charge >= 0.3 is 0 Å². The number of benzene rings is 2. The van der Waals surface area contributed by atoms with E-state index >= 15 is 0 Å². The Labute approximate surface area is 206 Å². The van der Waals surface area contributed by atoms with E-state index in [1.54, 1.807) is 33.8 Å². The molecule has 0 saturated carbocycles. The molecule has 0 radical (unpaired) electrons. The van der Waals surface area contributed by atoms with Crippen LogP contribution in [0.2, 0.25) is 5.02 Å². The Balaban J connectivity index is 1.85. The van der Waals surface area contributed by atoms with Gasteiger partial charge in [-0.25, -0.2) is 4.68 Å². The van der Waals surface area contributed by atoms with E-state index in [0.717, 1.165) is 29.8 Å². The molecule has 6 nitrogen and oxygen atoms in total. The molecule has 0 saturated heterocycles. The minimum atomic E-state index is -0.278. The third kappa shape index (κ3) is 6.48. The number of aryl methyl sites for hydroxylation is 1. The average Bonchev–Trinajstić information content (AvgIpc) is 3.21. The van der Waals surface area contributed by atoms with Gasteiger partial charge in [0.15, 0.2) is 0 Å². The van der Waals surface area contributed by atoms with Gasteiger partial charge in [-0.3, -0.25) is 9.59 Å². The number of nitrogens with zero attached hydrogens (tertiary/aromatic N) is 3. The van der Waals surface area contributed by atoms with Crippen molar-refractivity contribution in [1.82, 2.24) is 14.7 Å². The molecule has 3 rings (SSSR count). The number of carbonyl (C=O) groups is 2. The van der Waals surface area contributed by atoms with Crippen molar-refractivity contribution in [3.8, 4) is 5.69 Å². The van der Waals surface area contributed by atoms with Crippen molar-refractivity contribution in [3.05, 3.63) is 76.4 Å². The maximum atomic E-state index is 13.1. The molecule has 180 valence electrons. The van der Waals surface area contributed by atoms with Crippen molar-refractivity contribution in [2.75, 3.05) is 18.4 Å². The Morgan fingerprint density at radius 1 is 1.09 bits per heavy atom. The van der Waals surface area contributed by atoms with Gasteiger partial charge in [-0.2, -0.15) is 5.10 Å². The Morgan fingerprint density at radius 3 is 2.41 bits per heavy atom. The zero-order valence-electron chi connectivity index (χ0n) is 20.6. The minimum Gasteiger partial charge on any atom is -0.329 e. The molecule has 0 fully saturated rings. The van der Waals surface area contributed by atoms with Gasteiger partial charge in [-0.05, 0) is 43.7 Å². The van der Waals surface area contributed by atoms with E-state index in [9.17, 15) is 9.59 Å². The van der Waals surface area contributed by atoms with Gasteiger partial charge in [0.2, 0.25) is 5.91 Å². The zero-order valence-corrected chi connectivity index (χ0v) is 21.3. The Bertz CT molecular complexity index is 1150. The first-order valence-electron chi connectivity index (χ1n) is 11.6. The summed E-state index contributed by atoms with van der Waals surface area (Å²) in [5, 5.41) is 8.23. The highest BCUT2D eigenvalue weighted by Gasteiger charge is 2.23. The van der Waals surface area contributed by atoms with Crippen LogP contribution in [-0.4, -0.2) is 39.6 Å². The predicted octanol–water partition coefficient (Wildman–Crippen LogP) is 6.01. The third-order valence-electron chi connectivity index (χ3n) is 5.50. The van der Waals surface area contributed by atoms with E-state index in [1.807, 2.05) is 37.3 Å². The van der Waals surface area contributed by atoms with Crippen molar-refractivity contribution in [2.45, 2.75) is 52.9 Å². The summed E-state index contributed by atoms with van der Waals surface area (Å²) in [6, 6.07) is 16.7. The van der Waals surface area contributed by atoms with Crippen molar-refractivity contribution in [1.29, 1.82) is 0 Å². The lowest BCUT2D eigenvalue weighted by atomic mass is 9.92. The molecular formula is C27H33ClN4O2. The van der Waals surface area contributed by atoms with E-state index in [4.69, 9.17) is 16.7 Å². The number of anilines is 1. The second kappa shape index (κ2) is 10.9. The summed E-state index contributed by atoms with van der Waals surface area (Å²) in [5.41, 5.74) is 3.14. The number of hydrogen-bond acceptors (Lipinski definition) is 3. The van der Waals surface area contributed by atoms with Gasteiger partial charge in [0.1, 0.15) is 12.4 Å². The number of rotatable bonds is 8. The molecule has 0 bridgehead atoms. The molecule has 0 aliphatic rings. The highest BCUT2D eigenvalue weighted by molar-refractivity contribution is 6.31. The first-order valence-corrected chi connectivity index (χ1v) is 12.0. The summed E-state index contributed by atoms with van der Waals surface area (Å²) >= 11 is 6.08. The van der Waals surface area contributed by atoms with Crippen LogP contribution in [0.5, 0.6) is 0 Å². The standard InChI is InChI=1S/C27H33ClN4O2/c1-6-7-15-31(26(34)20-9-8-10-21(28)16-20)18-25(33)29-24-17-23(27(3,4)5)30-32(24)22-13-11-19(2)12-14-22/h8-14,16-17H,6-7,15,18H2,1-5H3,(H,29,33). The quantitative estimate of drug-likeness (QED) is 0.429. The van der Waals surface area contributed by atoms with Crippen molar-refractivity contribution in [2.24, 2.45) is 0 Å². The lowest BCUT2D eigenvalue weighted by Crippen LogP contribution is -2.39. The fourth-order valence-electron chi connectivity index (χ4n) is 3.48. The van der Waals surface area contributed by atoms with E-state index < -0.39 is 0 Å². The van der Waals surface area contributed by atoms with Crippen LogP contribution in [0.25, 0.3) is 5.69 Å². The number of hydrogen-bond donors (Lipinski definition) is 1. The topological polar surface area (TPSA) is 67.2 Å². The lowest BCUT2D eigenvalue weighted by Gasteiger charge is -2.22. The predicted molar refractivity (Wildman–Crippen MR) is 138 cm³/mol. The van der Waals surface area contributed by atoms with Crippen LogP contribution in [0.15, 0.2) is 54.6 Å². The average molecular weight is 481 g/mol. The Morgan fingerprint density at radius 2 is 1.79 bits per heavy atom. The highest BCUT2D eigenvalue weighted by atomic mass is 35.5. The minimum absolute atomic E-state index is 0.0602. The number of carbonyl (C=O) groups excluding carboxylic acids is 2. The SMILES string of the molecule is CCCCN(CC(=O)Nc1cc(C(C)(C)C)nn1-c1ccc(C)cc1)C(=O)c1cccc(Cl)c1. The lowest BCUT2D eigenvalue weighted by molar-refractivity contribution is -0.116. The monoisotopic (exact) mass is 480 g/mol. The summed E-state index contributed by atoms with van der Waals surface area (Å²) in [4.78, 5) is 27.8. The molecule has 0 aliphatic heterocycles. The normalized spacial score (nSPS) is 11.4. The molecule has 2 amide bonds. The van der Waals surface area contributed by atoms with Gasteiger partial charge in [0, 0.05) is 28.6 Å². The first kappa shape index (κ1) is 25.5. The van der Waals surface area contributed by atoms with Crippen molar-refractivity contribution >= 4 is 29.2 Å². The van der Waals surface area contributed by atoms with Gasteiger partial charge in [-0.15, -0.1) is 0 Å². The molecule has 2 aromatic carbocycles. The fraction of sp³-hybridized carbons (Fsp3) is 0.370. The summed E-state index contributed by atoms with van der Waals surface area (Å²) in [5.74, 6) is 0.0816.